The zero-order chi connectivity index (χ0) is 10.7. The minimum absolute atomic E-state index is 0.391. The minimum Gasteiger partial charge on any atom is -0.397 e. The Hall–Kier alpha value is -0.740. The third-order valence-electron chi connectivity index (χ3n) is 2.53. The molecule has 0 aliphatic carbocycles. The van der Waals surface area contributed by atoms with Crippen molar-refractivity contribution in [1.82, 2.24) is 0 Å². The number of hydrogen-bond acceptors (Lipinski definition) is 3. The maximum absolute atomic E-state index is 5.91. The minimum atomic E-state index is 0.391. The van der Waals surface area contributed by atoms with Gasteiger partial charge in [0.15, 0.2) is 0 Å². The Balaban J connectivity index is 2.03. The van der Waals surface area contributed by atoms with Gasteiger partial charge in [-0.25, -0.2) is 0 Å². The Bertz CT molecular complexity index is 337. The van der Waals surface area contributed by atoms with Gasteiger partial charge >= 0.3 is 0 Å². The van der Waals surface area contributed by atoms with Crippen molar-refractivity contribution in [3.05, 3.63) is 22.7 Å². The summed E-state index contributed by atoms with van der Waals surface area (Å²) in [7, 11) is 0. The van der Waals surface area contributed by atoms with E-state index in [0.29, 0.717) is 6.04 Å². The Kier molecular flexibility index (Phi) is 3.49. The van der Waals surface area contributed by atoms with Crippen molar-refractivity contribution in [3.63, 3.8) is 0 Å². The number of nitrogens with two attached hydrogens (primary N) is 1. The Morgan fingerprint density at radius 2 is 2.33 bits per heavy atom. The predicted molar refractivity (Wildman–Crippen MR) is 66.0 cm³/mol. The molecular weight excluding hydrogens is 256 g/mol. The van der Waals surface area contributed by atoms with Gasteiger partial charge in [-0.15, -0.1) is 0 Å². The fourth-order valence-corrected chi connectivity index (χ4v) is 2.12. The number of rotatable bonds is 2. The fourth-order valence-electron chi connectivity index (χ4n) is 1.74. The summed E-state index contributed by atoms with van der Waals surface area (Å²) in [6.45, 7) is 1.66. The monoisotopic (exact) mass is 270 g/mol. The summed E-state index contributed by atoms with van der Waals surface area (Å²) in [5.41, 5.74) is 7.67. The van der Waals surface area contributed by atoms with Gasteiger partial charge in [0.1, 0.15) is 0 Å². The van der Waals surface area contributed by atoms with Gasteiger partial charge in [-0.05, 0) is 31.0 Å². The summed E-state index contributed by atoms with van der Waals surface area (Å²) in [5, 5.41) is 3.41. The molecule has 3 nitrogen and oxygen atoms in total. The van der Waals surface area contributed by atoms with E-state index in [4.69, 9.17) is 10.5 Å². The van der Waals surface area contributed by atoms with E-state index in [9.17, 15) is 0 Å². The molecule has 0 spiro atoms. The molecule has 1 fully saturated rings. The van der Waals surface area contributed by atoms with Gasteiger partial charge in [0.2, 0.25) is 0 Å². The molecule has 1 atom stereocenters. The summed E-state index contributed by atoms with van der Waals surface area (Å²) in [4.78, 5) is 0. The third kappa shape index (κ3) is 2.86. The molecule has 1 aromatic rings. The van der Waals surface area contributed by atoms with Gasteiger partial charge in [0, 0.05) is 17.1 Å². The highest BCUT2D eigenvalue weighted by molar-refractivity contribution is 9.10. The van der Waals surface area contributed by atoms with Crippen LogP contribution in [0.5, 0.6) is 0 Å². The maximum atomic E-state index is 5.91. The van der Waals surface area contributed by atoms with Crippen LogP contribution in [0, 0.1) is 0 Å². The van der Waals surface area contributed by atoms with Crippen molar-refractivity contribution in [3.8, 4) is 0 Å². The van der Waals surface area contributed by atoms with E-state index in [2.05, 4.69) is 21.2 Å². The number of nitrogens with one attached hydrogen (secondary N) is 1. The smallest absolute Gasteiger partial charge is 0.0667 e. The maximum Gasteiger partial charge on any atom is 0.0667 e. The number of anilines is 2. The van der Waals surface area contributed by atoms with E-state index in [1.807, 2.05) is 18.2 Å². The molecule has 1 aliphatic rings. The molecule has 1 aliphatic heterocycles. The van der Waals surface area contributed by atoms with Crippen molar-refractivity contribution in [1.29, 1.82) is 0 Å². The van der Waals surface area contributed by atoms with E-state index >= 15 is 0 Å². The van der Waals surface area contributed by atoms with Crippen LogP contribution in [0.2, 0.25) is 0 Å². The second-order valence-electron chi connectivity index (χ2n) is 3.79. The molecule has 1 unspecified atom stereocenters. The second-order valence-corrected chi connectivity index (χ2v) is 4.71. The lowest BCUT2D eigenvalue weighted by Gasteiger charge is -2.24. The summed E-state index contributed by atoms with van der Waals surface area (Å²) in [6, 6.07) is 6.28. The lowest BCUT2D eigenvalue weighted by Crippen LogP contribution is -2.30. The number of hydrogen-bond donors (Lipinski definition) is 2. The highest BCUT2D eigenvalue weighted by Gasteiger charge is 2.14. The lowest BCUT2D eigenvalue weighted by atomic mass is 10.1. The Morgan fingerprint density at radius 3 is 3.00 bits per heavy atom. The van der Waals surface area contributed by atoms with E-state index in [-0.39, 0.29) is 0 Å². The van der Waals surface area contributed by atoms with Crippen LogP contribution in [0.3, 0.4) is 0 Å². The van der Waals surface area contributed by atoms with Gasteiger partial charge in [-0.2, -0.15) is 0 Å². The first kappa shape index (κ1) is 10.8. The molecule has 82 valence electrons. The van der Waals surface area contributed by atoms with Crippen LogP contribution in [-0.4, -0.2) is 19.3 Å². The van der Waals surface area contributed by atoms with Crippen molar-refractivity contribution in [2.24, 2.45) is 0 Å². The molecule has 1 heterocycles. The van der Waals surface area contributed by atoms with Crippen molar-refractivity contribution >= 4 is 27.3 Å². The molecule has 0 bridgehead atoms. The van der Waals surface area contributed by atoms with Gasteiger partial charge in [0.25, 0.3) is 0 Å². The second kappa shape index (κ2) is 4.86. The summed E-state index contributed by atoms with van der Waals surface area (Å²) in [5.74, 6) is 0. The third-order valence-corrected chi connectivity index (χ3v) is 3.03. The first-order valence-electron chi connectivity index (χ1n) is 5.15. The van der Waals surface area contributed by atoms with E-state index in [0.717, 1.165) is 41.9 Å². The van der Waals surface area contributed by atoms with Crippen LogP contribution in [0.1, 0.15) is 12.8 Å². The molecule has 0 saturated carbocycles. The Morgan fingerprint density at radius 1 is 1.47 bits per heavy atom. The molecule has 0 amide bonds. The van der Waals surface area contributed by atoms with Gasteiger partial charge in [-0.1, -0.05) is 15.9 Å². The van der Waals surface area contributed by atoms with E-state index in [1.165, 1.54) is 0 Å². The zero-order valence-corrected chi connectivity index (χ0v) is 10.1. The van der Waals surface area contributed by atoms with Gasteiger partial charge < -0.3 is 15.8 Å². The SMILES string of the molecule is Nc1cc(Br)ccc1NC1CCCOC1. The van der Waals surface area contributed by atoms with Crippen LogP contribution in [0.15, 0.2) is 22.7 Å². The molecule has 4 heteroatoms. The highest BCUT2D eigenvalue weighted by Crippen LogP contribution is 2.24. The van der Waals surface area contributed by atoms with Crippen molar-refractivity contribution in [2.75, 3.05) is 24.3 Å². The lowest BCUT2D eigenvalue weighted by molar-refractivity contribution is 0.0876. The van der Waals surface area contributed by atoms with Gasteiger partial charge in [-0.3, -0.25) is 0 Å². The summed E-state index contributed by atoms with van der Waals surface area (Å²) >= 11 is 3.39. The number of halogens is 1. The van der Waals surface area contributed by atoms with Crippen molar-refractivity contribution < 1.29 is 4.74 Å². The van der Waals surface area contributed by atoms with Crippen LogP contribution < -0.4 is 11.1 Å². The fraction of sp³-hybridized carbons (Fsp3) is 0.455. The molecule has 2 rings (SSSR count). The standard InChI is InChI=1S/C11H15BrN2O/c12-8-3-4-11(10(13)6-8)14-9-2-1-5-15-7-9/h3-4,6,9,14H,1-2,5,7,13H2. The Labute approximate surface area is 98.1 Å². The highest BCUT2D eigenvalue weighted by atomic mass is 79.9. The van der Waals surface area contributed by atoms with Crippen LogP contribution in [0.4, 0.5) is 11.4 Å². The molecule has 3 N–H and O–H groups in total. The number of benzene rings is 1. The van der Waals surface area contributed by atoms with Gasteiger partial charge in [0.05, 0.1) is 18.0 Å². The molecular formula is C11H15BrN2O. The normalized spacial score (nSPS) is 21.3. The average Bonchev–Trinajstić information content (AvgIpc) is 2.24. The summed E-state index contributed by atoms with van der Waals surface area (Å²) < 4.78 is 6.41. The number of nitrogen functional groups attached to an aromatic ring is 1. The van der Waals surface area contributed by atoms with Crippen LogP contribution in [-0.2, 0) is 4.74 Å². The number of ether oxygens (including phenoxy) is 1. The van der Waals surface area contributed by atoms with E-state index in [1.54, 1.807) is 0 Å². The van der Waals surface area contributed by atoms with E-state index < -0.39 is 0 Å². The topological polar surface area (TPSA) is 47.3 Å². The largest absolute Gasteiger partial charge is 0.397 e. The van der Waals surface area contributed by atoms with Crippen molar-refractivity contribution in [2.45, 2.75) is 18.9 Å². The molecule has 15 heavy (non-hydrogen) atoms. The molecule has 0 radical (unpaired) electrons. The first-order valence-corrected chi connectivity index (χ1v) is 5.94. The summed E-state index contributed by atoms with van der Waals surface area (Å²) in [6.07, 6.45) is 2.27. The van der Waals surface area contributed by atoms with Crippen LogP contribution in [0.25, 0.3) is 0 Å². The molecule has 1 saturated heterocycles. The zero-order valence-electron chi connectivity index (χ0n) is 8.50. The predicted octanol–water partition coefficient (Wildman–Crippen LogP) is 2.62. The molecule has 0 aromatic heterocycles. The molecule has 1 aromatic carbocycles. The quantitative estimate of drug-likeness (QED) is 0.813. The first-order chi connectivity index (χ1) is 7.25. The van der Waals surface area contributed by atoms with Crippen LogP contribution >= 0.6 is 15.9 Å². The average molecular weight is 271 g/mol.